The van der Waals surface area contributed by atoms with Crippen LogP contribution in [0.2, 0.25) is 0 Å². The van der Waals surface area contributed by atoms with Gasteiger partial charge in [-0.2, -0.15) is 4.98 Å². The minimum absolute atomic E-state index is 0.508. The van der Waals surface area contributed by atoms with Crippen molar-refractivity contribution in [2.75, 3.05) is 7.05 Å². The van der Waals surface area contributed by atoms with E-state index in [0.717, 1.165) is 36.9 Å². The molecule has 1 fully saturated rings. The summed E-state index contributed by atoms with van der Waals surface area (Å²) in [6.07, 6.45) is 5.58. The highest BCUT2D eigenvalue weighted by atomic mass is 16.5. The molecule has 1 atom stereocenters. The quantitative estimate of drug-likeness (QED) is 0.790. The first-order valence-corrected chi connectivity index (χ1v) is 6.67. The molecule has 1 heterocycles. The van der Waals surface area contributed by atoms with E-state index in [1.807, 2.05) is 7.05 Å². The maximum Gasteiger partial charge on any atom is 0.228 e. The minimum Gasteiger partial charge on any atom is -0.339 e. The Morgan fingerprint density at radius 3 is 2.76 bits per heavy atom. The van der Waals surface area contributed by atoms with Gasteiger partial charge in [0.25, 0.3) is 0 Å². The third-order valence-electron chi connectivity index (χ3n) is 3.41. The molecule has 1 aromatic heterocycles. The number of nitrogens with zero attached hydrogens (tertiary/aromatic N) is 2. The van der Waals surface area contributed by atoms with Crippen molar-refractivity contribution in [1.29, 1.82) is 0 Å². The summed E-state index contributed by atoms with van der Waals surface area (Å²) in [5.74, 6) is 3.15. The molecule has 0 spiro atoms. The SMILES string of the molecule is CNC(Cc1nc(CCC(C)C)no1)C1CC1. The van der Waals surface area contributed by atoms with Gasteiger partial charge in [-0.1, -0.05) is 19.0 Å². The van der Waals surface area contributed by atoms with Crippen molar-refractivity contribution in [2.45, 2.75) is 52.0 Å². The topological polar surface area (TPSA) is 51.0 Å². The summed E-state index contributed by atoms with van der Waals surface area (Å²) in [5, 5.41) is 7.39. The fourth-order valence-electron chi connectivity index (χ4n) is 2.08. The third kappa shape index (κ3) is 3.80. The first-order chi connectivity index (χ1) is 8.19. The highest BCUT2D eigenvalue weighted by Gasteiger charge is 2.31. The highest BCUT2D eigenvalue weighted by molar-refractivity contribution is 4.94. The minimum atomic E-state index is 0.508. The molecule has 0 radical (unpaired) electrons. The summed E-state index contributed by atoms with van der Waals surface area (Å²) >= 11 is 0. The van der Waals surface area contributed by atoms with Gasteiger partial charge >= 0.3 is 0 Å². The Morgan fingerprint density at radius 2 is 2.18 bits per heavy atom. The van der Waals surface area contributed by atoms with Crippen LogP contribution in [0.1, 0.15) is 44.8 Å². The third-order valence-corrected chi connectivity index (χ3v) is 3.41. The van der Waals surface area contributed by atoms with Crippen LogP contribution in [0.15, 0.2) is 4.52 Å². The average Bonchev–Trinajstić information content (AvgIpc) is 3.04. The van der Waals surface area contributed by atoms with E-state index >= 15 is 0 Å². The molecule has 1 unspecified atom stereocenters. The Kier molecular flexibility index (Phi) is 4.15. The zero-order valence-electron chi connectivity index (χ0n) is 11.1. The van der Waals surface area contributed by atoms with Crippen LogP contribution in [0, 0.1) is 11.8 Å². The van der Waals surface area contributed by atoms with E-state index in [-0.39, 0.29) is 0 Å². The van der Waals surface area contributed by atoms with Crippen LogP contribution < -0.4 is 5.32 Å². The fraction of sp³-hybridized carbons (Fsp3) is 0.846. The smallest absolute Gasteiger partial charge is 0.228 e. The summed E-state index contributed by atoms with van der Waals surface area (Å²) in [5.41, 5.74) is 0. The molecule has 0 bridgehead atoms. The second kappa shape index (κ2) is 5.63. The Labute approximate surface area is 103 Å². The molecule has 0 saturated heterocycles. The Hall–Kier alpha value is -0.900. The van der Waals surface area contributed by atoms with Crippen molar-refractivity contribution in [3.8, 4) is 0 Å². The van der Waals surface area contributed by atoms with Gasteiger partial charge in [0.2, 0.25) is 5.89 Å². The maximum atomic E-state index is 5.31. The number of likely N-dealkylation sites (N-methyl/N-ethyl adjacent to an activating group) is 1. The predicted octanol–water partition coefficient (Wildman–Crippen LogP) is 2.20. The van der Waals surface area contributed by atoms with Gasteiger partial charge in [0.05, 0.1) is 0 Å². The second-order valence-electron chi connectivity index (χ2n) is 5.47. The summed E-state index contributed by atoms with van der Waals surface area (Å²) in [6.45, 7) is 4.43. The number of aromatic nitrogens is 2. The van der Waals surface area contributed by atoms with Gasteiger partial charge in [0.15, 0.2) is 5.82 Å². The molecule has 1 N–H and O–H groups in total. The largest absolute Gasteiger partial charge is 0.339 e. The number of aryl methyl sites for hydroxylation is 1. The molecular weight excluding hydrogens is 214 g/mol. The van der Waals surface area contributed by atoms with Crippen molar-refractivity contribution in [3.05, 3.63) is 11.7 Å². The van der Waals surface area contributed by atoms with Crippen LogP contribution in [0.4, 0.5) is 0 Å². The van der Waals surface area contributed by atoms with E-state index in [4.69, 9.17) is 4.52 Å². The molecule has 4 nitrogen and oxygen atoms in total. The van der Waals surface area contributed by atoms with Gasteiger partial charge in [0.1, 0.15) is 0 Å². The molecule has 96 valence electrons. The van der Waals surface area contributed by atoms with Gasteiger partial charge < -0.3 is 9.84 Å². The Balaban J connectivity index is 1.84. The van der Waals surface area contributed by atoms with Gasteiger partial charge in [-0.15, -0.1) is 0 Å². The first kappa shape index (κ1) is 12.6. The van der Waals surface area contributed by atoms with Crippen LogP contribution in [0.3, 0.4) is 0 Å². The molecule has 0 aliphatic heterocycles. The molecular formula is C13H23N3O. The van der Waals surface area contributed by atoms with Crippen molar-refractivity contribution in [3.63, 3.8) is 0 Å². The lowest BCUT2D eigenvalue weighted by molar-refractivity contribution is 0.348. The van der Waals surface area contributed by atoms with E-state index in [0.29, 0.717) is 12.0 Å². The Morgan fingerprint density at radius 1 is 1.41 bits per heavy atom. The van der Waals surface area contributed by atoms with Gasteiger partial charge in [-0.05, 0) is 38.1 Å². The first-order valence-electron chi connectivity index (χ1n) is 6.67. The molecule has 17 heavy (non-hydrogen) atoms. The molecule has 1 aliphatic rings. The number of nitrogens with one attached hydrogen (secondary N) is 1. The van der Waals surface area contributed by atoms with Gasteiger partial charge in [-0.25, -0.2) is 0 Å². The molecule has 0 amide bonds. The molecule has 0 aromatic carbocycles. The van der Waals surface area contributed by atoms with Crippen molar-refractivity contribution in [2.24, 2.45) is 11.8 Å². The van der Waals surface area contributed by atoms with Crippen molar-refractivity contribution in [1.82, 2.24) is 15.5 Å². The fourth-order valence-corrected chi connectivity index (χ4v) is 2.08. The van der Waals surface area contributed by atoms with E-state index in [1.165, 1.54) is 12.8 Å². The maximum absolute atomic E-state index is 5.31. The number of hydrogen-bond donors (Lipinski definition) is 1. The normalized spacial score (nSPS) is 17.6. The zero-order valence-corrected chi connectivity index (χ0v) is 11.1. The van der Waals surface area contributed by atoms with Crippen LogP contribution >= 0.6 is 0 Å². The lowest BCUT2D eigenvalue weighted by Crippen LogP contribution is -2.29. The standard InChI is InChI=1S/C13H23N3O/c1-9(2)4-7-12-15-13(17-16-12)8-11(14-3)10-5-6-10/h9-11,14H,4-8H2,1-3H3. The van der Waals surface area contributed by atoms with Gasteiger partial charge in [-0.3, -0.25) is 0 Å². The van der Waals surface area contributed by atoms with E-state index < -0.39 is 0 Å². The van der Waals surface area contributed by atoms with Crippen LogP contribution in [0.25, 0.3) is 0 Å². The van der Waals surface area contributed by atoms with Crippen molar-refractivity contribution >= 4 is 0 Å². The van der Waals surface area contributed by atoms with E-state index in [2.05, 4.69) is 29.3 Å². The van der Waals surface area contributed by atoms with Gasteiger partial charge in [0, 0.05) is 18.9 Å². The van der Waals surface area contributed by atoms with Crippen molar-refractivity contribution < 1.29 is 4.52 Å². The lowest BCUT2D eigenvalue weighted by Gasteiger charge is -2.11. The summed E-state index contributed by atoms with van der Waals surface area (Å²) in [7, 11) is 2.01. The molecule has 2 rings (SSSR count). The van der Waals surface area contributed by atoms with Crippen LogP contribution in [0.5, 0.6) is 0 Å². The summed E-state index contributed by atoms with van der Waals surface area (Å²) < 4.78 is 5.31. The highest BCUT2D eigenvalue weighted by Crippen LogP contribution is 2.33. The molecule has 4 heteroatoms. The Bertz CT molecular complexity index is 344. The lowest BCUT2D eigenvalue weighted by atomic mass is 10.1. The average molecular weight is 237 g/mol. The van der Waals surface area contributed by atoms with Crippen LogP contribution in [-0.2, 0) is 12.8 Å². The zero-order chi connectivity index (χ0) is 12.3. The summed E-state index contributed by atoms with van der Waals surface area (Å²) in [6, 6.07) is 0.508. The molecule has 1 aromatic rings. The molecule has 1 saturated carbocycles. The number of rotatable bonds is 7. The van der Waals surface area contributed by atoms with E-state index in [1.54, 1.807) is 0 Å². The van der Waals surface area contributed by atoms with E-state index in [9.17, 15) is 0 Å². The summed E-state index contributed by atoms with van der Waals surface area (Å²) in [4.78, 5) is 4.46. The molecule has 1 aliphatic carbocycles. The van der Waals surface area contributed by atoms with Crippen LogP contribution in [-0.4, -0.2) is 23.2 Å². The second-order valence-corrected chi connectivity index (χ2v) is 5.47. The monoisotopic (exact) mass is 237 g/mol. The predicted molar refractivity (Wildman–Crippen MR) is 66.7 cm³/mol. The number of hydrogen-bond acceptors (Lipinski definition) is 4.